The molecule has 4 saturated carbocycles. The van der Waals surface area contributed by atoms with Crippen molar-refractivity contribution in [3.05, 3.63) is 0 Å². The quantitative estimate of drug-likeness (QED) is 0.706. The summed E-state index contributed by atoms with van der Waals surface area (Å²) in [5, 5.41) is -2.81. The lowest BCUT2D eigenvalue weighted by atomic mass is 9.60. The Morgan fingerprint density at radius 2 is 1.87 bits per heavy atom. The molecule has 0 heterocycles. The molecule has 0 spiro atoms. The molecule has 4 aliphatic rings. The fraction of sp³-hybridized carbons (Fsp3) is 1.00. The number of hydrogen-bond acceptors (Lipinski definition) is 3. The second-order valence-corrected chi connectivity index (χ2v) is 12.1. The molecule has 4 rings (SSSR count). The highest BCUT2D eigenvalue weighted by molar-refractivity contribution is 7.99. The molecule has 4 fully saturated rings. The van der Waals surface area contributed by atoms with Gasteiger partial charge in [0.05, 0.1) is 0 Å². The monoisotopic (exact) mass is 364 g/mol. The zero-order chi connectivity index (χ0) is 16.8. The summed E-state index contributed by atoms with van der Waals surface area (Å²) >= 11 is 1.99. The summed E-state index contributed by atoms with van der Waals surface area (Å²) in [5.41, 5.74) is -0.502. The van der Waals surface area contributed by atoms with Gasteiger partial charge < -0.3 is 0 Å². The molecule has 8 unspecified atom stereocenters. The van der Waals surface area contributed by atoms with Crippen molar-refractivity contribution in [1.82, 2.24) is 0 Å². The lowest BCUT2D eigenvalue weighted by molar-refractivity contribution is -0.0238. The van der Waals surface area contributed by atoms with E-state index >= 15 is 0 Å². The third-order valence-electron chi connectivity index (χ3n) is 7.71. The zero-order valence-electron chi connectivity index (χ0n) is 14.0. The van der Waals surface area contributed by atoms with Crippen molar-refractivity contribution in [2.24, 2.45) is 40.9 Å². The Hall–Kier alpha value is 0.160. The molecule has 6 heteroatoms. The predicted molar refractivity (Wildman–Crippen MR) is 89.2 cm³/mol. The molecule has 132 valence electrons. The van der Waals surface area contributed by atoms with Gasteiger partial charge in [0.2, 0.25) is 9.84 Å². The van der Waals surface area contributed by atoms with Crippen LogP contribution in [0.15, 0.2) is 0 Å². The van der Waals surface area contributed by atoms with Crippen LogP contribution in [0, 0.1) is 40.9 Å². The molecule has 0 radical (unpaired) electrons. The molecule has 4 bridgehead atoms. The van der Waals surface area contributed by atoms with Crippen LogP contribution < -0.4 is 0 Å². The SMILES string of the molecule is CSC1CC2CC1C1C3CC(C21)C(C)(CC(F)(F)S(C)(=O)=O)C3. The highest BCUT2D eigenvalue weighted by Crippen LogP contribution is 2.73. The standard InChI is InChI=1S/C17H26F2O2S2/c1-16(8-17(18,19)23(3,20)21)7-10-5-12(16)15-9-4-11(14(10)15)13(6-9)22-2/h9-15H,4-8H2,1-3H3. The summed E-state index contributed by atoms with van der Waals surface area (Å²) < 4.78 is 51.4. The second kappa shape index (κ2) is 4.87. The van der Waals surface area contributed by atoms with Gasteiger partial charge >= 0.3 is 5.25 Å². The summed E-state index contributed by atoms with van der Waals surface area (Å²) in [6.07, 6.45) is 6.78. The summed E-state index contributed by atoms with van der Waals surface area (Å²) in [6, 6.07) is 0. The van der Waals surface area contributed by atoms with Gasteiger partial charge in [-0.2, -0.15) is 20.5 Å². The van der Waals surface area contributed by atoms with E-state index in [1.165, 1.54) is 12.8 Å². The number of alkyl halides is 2. The van der Waals surface area contributed by atoms with E-state index in [0.717, 1.165) is 29.9 Å². The van der Waals surface area contributed by atoms with E-state index in [0.29, 0.717) is 29.9 Å². The Bertz CT molecular complexity index is 620. The van der Waals surface area contributed by atoms with E-state index in [9.17, 15) is 17.2 Å². The van der Waals surface area contributed by atoms with Crippen molar-refractivity contribution in [2.75, 3.05) is 12.5 Å². The Morgan fingerprint density at radius 3 is 2.48 bits per heavy atom. The van der Waals surface area contributed by atoms with Crippen LogP contribution in [0.3, 0.4) is 0 Å². The van der Waals surface area contributed by atoms with Gasteiger partial charge in [-0.15, -0.1) is 0 Å². The first-order valence-electron chi connectivity index (χ1n) is 8.67. The third-order valence-corrected chi connectivity index (χ3v) is 10.1. The van der Waals surface area contributed by atoms with Crippen LogP contribution in [-0.4, -0.2) is 31.4 Å². The summed E-state index contributed by atoms with van der Waals surface area (Å²) in [6.45, 7) is 1.94. The molecule has 0 aliphatic heterocycles. The molecular weight excluding hydrogens is 338 g/mol. The van der Waals surface area contributed by atoms with Crippen molar-refractivity contribution in [3.63, 3.8) is 0 Å². The van der Waals surface area contributed by atoms with Crippen LogP contribution >= 0.6 is 11.8 Å². The Labute approximate surface area is 142 Å². The van der Waals surface area contributed by atoms with E-state index in [4.69, 9.17) is 0 Å². The molecule has 23 heavy (non-hydrogen) atoms. The van der Waals surface area contributed by atoms with Crippen LogP contribution in [0.2, 0.25) is 0 Å². The van der Waals surface area contributed by atoms with Gasteiger partial charge in [-0.1, -0.05) is 6.92 Å². The first-order chi connectivity index (χ1) is 10.6. The summed E-state index contributed by atoms with van der Waals surface area (Å²) in [4.78, 5) is 0. The van der Waals surface area contributed by atoms with Gasteiger partial charge in [-0.25, -0.2) is 8.42 Å². The highest BCUT2D eigenvalue weighted by atomic mass is 32.2. The van der Waals surface area contributed by atoms with Gasteiger partial charge in [0.25, 0.3) is 0 Å². The molecule has 8 atom stereocenters. The lowest BCUT2D eigenvalue weighted by Crippen LogP contribution is -2.44. The molecule has 0 aromatic carbocycles. The second-order valence-electron chi connectivity index (χ2n) is 8.87. The van der Waals surface area contributed by atoms with E-state index in [2.05, 4.69) is 6.26 Å². The average molecular weight is 365 g/mol. The molecule has 0 saturated heterocycles. The van der Waals surface area contributed by atoms with E-state index in [1.807, 2.05) is 18.7 Å². The molecule has 4 aliphatic carbocycles. The third kappa shape index (κ3) is 2.19. The predicted octanol–water partition coefficient (Wildman–Crippen LogP) is 4.06. The first-order valence-corrected chi connectivity index (χ1v) is 11.9. The average Bonchev–Trinajstić information content (AvgIpc) is 3.10. The number of fused-ring (bicyclic) bond motifs is 9. The van der Waals surface area contributed by atoms with Crippen LogP contribution in [0.5, 0.6) is 0 Å². The van der Waals surface area contributed by atoms with Crippen molar-refractivity contribution in [2.45, 2.75) is 49.5 Å². The van der Waals surface area contributed by atoms with Crippen molar-refractivity contribution in [1.29, 1.82) is 0 Å². The molecule has 0 aromatic heterocycles. The van der Waals surface area contributed by atoms with Crippen molar-refractivity contribution in [3.8, 4) is 0 Å². The number of hydrogen-bond donors (Lipinski definition) is 0. The zero-order valence-corrected chi connectivity index (χ0v) is 15.6. The Balaban J connectivity index is 1.58. The van der Waals surface area contributed by atoms with Gasteiger partial charge in [0, 0.05) is 17.9 Å². The topological polar surface area (TPSA) is 34.1 Å². The number of rotatable bonds is 4. The highest BCUT2D eigenvalue weighted by Gasteiger charge is 2.68. The van der Waals surface area contributed by atoms with E-state index in [1.54, 1.807) is 0 Å². The molecule has 0 amide bonds. The summed E-state index contributed by atoms with van der Waals surface area (Å²) in [5.74, 6) is 3.66. The maximum atomic E-state index is 14.2. The fourth-order valence-corrected chi connectivity index (χ4v) is 8.76. The smallest absolute Gasteiger partial charge is 0.223 e. The van der Waals surface area contributed by atoms with Crippen LogP contribution in [0.1, 0.15) is 39.0 Å². The van der Waals surface area contributed by atoms with Crippen LogP contribution in [0.25, 0.3) is 0 Å². The maximum Gasteiger partial charge on any atom is 0.345 e. The van der Waals surface area contributed by atoms with Gasteiger partial charge in [-0.3, -0.25) is 0 Å². The minimum Gasteiger partial charge on any atom is -0.223 e. The first kappa shape index (κ1) is 16.6. The molecule has 2 nitrogen and oxygen atoms in total. The molecular formula is C17H26F2O2S2. The minimum absolute atomic E-state index is 0.308. The Kier molecular flexibility index (Phi) is 3.52. The summed E-state index contributed by atoms with van der Waals surface area (Å²) in [7, 11) is -4.33. The lowest BCUT2D eigenvalue weighted by Gasteiger charge is -2.47. The van der Waals surface area contributed by atoms with Gasteiger partial charge in [-0.05, 0) is 72.9 Å². The molecule has 0 aromatic rings. The van der Waals surface area contributed by atoms with Crippen molar-refractivity contribution >= 4 is 21.6 Å². The van der Waals surface area contributed by atoms with Crippen LogP contribution in [-0.2, 0) is 9.84 Å². The largest absolute Gasteiger partial charge is 0.345 e. The number of halogens is 2. The number of sulfone groups is 1. The van der Waals surface area contributed by atoms with Crippen molar-refractivity contribution < 1.29 is 17.2 Å². The fourth-order valence-electron chi connectivity index (χ4n) is 7.09. The van der Waals surface area contributed by atoms with Gasteiger partial charge in [0.15, 0.2) is 0 Å². The Morgan fingerprint density at radius 1 is 1.17 bits per heavy atom. The molecule has 0 N–H and O–H groups in total. The van der Waals surface area contributed by atoms with Gasteiger partial charge in [0.1, 0.15) is 0 Å². The van der Waals surface area contributed by atoms with E-state index < -0.39 is 26.9 Å². The van der Waals surface area contributed by atoms with Crippen LogP contribution in [0.4, 0.5) is 8.78 Å². The normalized spacial score (nSPS) is 51.4. The van der Waals surface area contributed by atoms with E-state index in [-0.39, 0.29) is 0 Å². The maximum absolute atomic E-state index is 14.2. The minimum atomic E-state index is -4.33. The number of thioether (sulfide) groups is 1.